The largest absolute Gasteiger partial charge is 0.497 e. The fraction of sp³-hybridized carbons (Fsp3) is 0.120. The average molecular weight is 476 g/mol. The number of hydrazone groups is 1. The van der Waals surface area contributed by atoms with Crippen LogP contribution in [-0.2, 0) is 14.4 Å². The lowest BCUT2D eigenvalue weighted by Gasteiger charge is -2.10. The third kappa shape index (κ3) is 7.32. The zero-order chi connectivity index (χ0) is 25.0. The van der Waals surface area contributed by atoms with Crippen LogP contribution in [0.1, 0.15) is 5.56 Å². The first-order valence-corrected chi connectivity index (χ1v) is 10.4. The summed E-state index contributed by atoms with van der Waals surface area (Å²) in [7, 11) is 3.02. The Bertz CT molecular complexity index is 1210. The predicted octanol–water partition coefficient (Wildman–Crippen LogP) is 2.81. The lowest BCUT2D eigenvalue weighted by Crippen LogP contribution is -2.32. The third-order valence-corrected chi connectivity index (χ3v) is 4.58. The molecule has 0 bridgehead atoms. The molecule has 0 atom stereocenters. The van der Waals surface area contributed by atoms with Gasteiger partial charge in [-0.2, -0.15) is 5.10 Å². The van der Waals surface area contributed by atoms with Crippen LogP contribution in [0, 0.1) is 0 Å². The monoisotopic (exact) mass is 476 g/mol. The van der Waals surface area contributed by atoms with Gasteiger partial charge in [0.05, 0.1) is 26.1 Å². The summed E-state index contributed by atoms with van der Waals surface area (Å²) in [6.45, 7) is -0.245. The maximum absolute atomic E-state index is 12.2. The highest BCUT2D eigenvalue weighted by atomic mass is 16.5. The molecule has 0 fully saturated rings. The molecule has 0 heterocycles. The molecule has 0 aliphatic rings. The van der Waals surface area contributed by atoms with Gasteiger partial charge in [0.1, 0.15) is 17.2 Å². The van der Waals surface area contributed by atoms with E-state index >= 15 is 0 Å². The van der Waals surface area contributed by atoms with Crippen LogP contribution in [0.25, 0.3) is 0 Å². The van der Waals surface area contributed by atoms with Gasteiger partial charge in [-0.25, -0.2) is 5.43 Å². The minimum Gasteiger partial charge on any atom is -0.497 e. The zero-order valence-corrected chi connectivity index (χ0v) is 19.1. The second-order valence-electron chi connectivity index (χ2n) is 6.96. The normalized spacial score (nSPS) is 10.3. The van der Waals surface area contributed by atoms with Crippen LogP contribution in [0.15, 0.2) is 77.9 Å². The molecule has 0 aliphatic carbocycles. The molecule has 0 aromatic heterocycles. The highest BCUT2D eigenvalue weighted by Gasteiger charge is 2.15. The number of rotatable bonds is 9. The van der Waals surface area contributed by atoms with Crippen molar-refractivity contribution < 1.29 is 28.6 Å². The number of ether oxygens (including phenoxy) is 3. The molecule has 10 heteroatoms. The zero-order valence-electron chi connectivity index (χ0n) is 19.1. The third-order valence-electron chi connectivity index (χ3n) is 4.58. The van der Waals surface area contributed by atoms with Crippen LogP contribution in [0.4, 0.5) is 11.4 Å². The van der Waals surface area contributed by atoms with E-state index in [2.05, 4.69) is 21.2 Å². The standard InChI is InChI=1S/C25H24N4O6/c1-33-19-13-11-18(12-14-19)27-23(30)16-35-21-9-5-3-7-17(21)15-26-29-25(32)24(31)28-20-8-4-6-10-22(20)34-2/h3-15H,16H2,1-2H3,(H,27,30)(H,28,31)(H,29,32)/b26-15-. The fourth-order valence-corrected chi connectivity index (χ4v) is 2.87. The predicted molar refractivity (Wildman–Crippen MR) is 131 cm³/mol. The molecule has 35 heavy (non-hydrogen) atoms. The summed E-state index contributed by atoms with van der Waals surface area (Å²) in [4.78, 5) is 36.4. The number of methoxy groups -OCH3 is 2. The minimum absolute atomic E-state index is 0.245. The van der Waals surface area contributed by atoms with E-state index in [-0.39, 0.29) is 12.5 Å². The maximum atomic E-state index is 12.2. The van der Waals surface area contributed by atoms with E-state index in [0.717, 1.165) is 0 Å². The van der Waals surface area contributed by atoms with Gasteiger partial charge in [0.2, 0.25) is 0 Å². The summed E-state index contributed by atoms with van der Waals surface area (Å²) in [6, 6.07) is 20.4. The molecule has 0 aliphatic heterocycles. The topological polar surface area (TPSA) is 127 Å². The van der Waals surface area contributed by atoms with E-state index in [1.165, 1.54) is 13.3 Å². The van der Waals surface area contributed by atoms with Gasteiger partial charge in [0.15, 0.2) is 6.61 Å². The molecule has 0 spiro atoms. The van der Waals surface area contributed by atoms with Crippen molar-refractivity contribution in [1.82, 2.24) is 5.43 Å². The van der Waals surface area contributed by atoms with Crippen molar-refractivity contribution in [3.05, 3.63) is 78.4 Å². The number of carbonyl (C=O) groups excluding carboxylic acids is 3. The lowest BCUT2D eigenvalue weighted by molar-refractivity contribution is -0.136. The summed E-state index contributed by atoms with van der Waals surface area (Å²) >= 11 is 0. The van der Waals surface area contributed by atoms with Crippen LogP contribution in [0.3, 0.4) is 0 Å². The molecule has 10 nitrogen and oxygen atoms in total. The molecular weight excluding hydrogens is 452 g/mol. The van der Waals surface area contributed by atoms with Crippen molar-refractivity contribution in [3.63, 3.8) is 0 Å². The second-order valence-corrected chi connectivity index (χ2v) is 6.96. The van der Waals surface area contributed by atoms with Crippen molar-refractivity contribution >= 4 is 35.3 Å². The first-order chi connectivity index (χ1) is 17.0. The van der Waals surface area contributed by atoms with Crippen molar-refractivity contribution in [2.24, 2.45) is 5.10 Å². The molecule has 3 amide bonds. The van der Waals surface area contributed by atoms with Crippen LogP contribution in [-0.4, -0.2) is 44.8 Å². The Morgan fingerprint density at radius 3 is 2.20 bits per heavy atom. The molecule has 0 saturated carbocycles. The molecular formula is C25H24N4O6. The maximum Gasteiger partial charge on any atom is 0.329 e. The Hall–Kier alpha value is -4.86. The van der Waals surface area contributed by atoms with E-state index in [4.69, 9.17) is 14.2 Å². The van der Waals surface area contributed by atoms with Gasteiger partial charge in [-0.05, 0) is 48.5 Å². The number of anilines is 2. The highest BCUT2D eigenvalue weighted by molar-refractivity contribution is 6.39. The Labute approximate surface area is 201 Å². The van der Waals surface area contributed by atoms with Crippen molar-refractivity contribution in [2.75, 3.05) is 31.5 Å². The van der Waals surface area contributed by atoms with Crippen LogP contribution >= 0.6 is 0 Å². The van der Waals surface area contributed by atoms with E-state index in [9.17, 15) is 14.4 Å². The number of hydrogen-bond donors (Lipinski definition) is 3. The number of carbonyl (C=O) groups is 3. The van der Waals surface area contributed by atoms with Crippen LogP contribution in [0.5, 0.6) is 17.2 Å². The number of amides is 3. The molecule has 3 N–H and O–H groups in total. The second kappa shape index (κ2) is 12.4. The van der Waals surface area contributed by atoms with Crippen LogP contribution < -0.4 is 30.3 Å². The smallest absolute Gasteiger partial charge is 0.329 e. The average Bonchev–Trinajstić information content (AvgIpc) is 2.88. The number of nitrogens with one attached hydrogen (secondary N) is 3. The number of benzene rings is 3. The molecule has 3 rings (SSSR count). The van der Waals surface area contributed by atoms with Crippen molar-refractivity contribution in [3.8, 4) is 17.2 Å². The van der Waals surface area contributed by atoms with Gasteiger partial charge in [0.25, 0.3) is 5.91 Å². The summed E-state index contributed by atoms with van der Waals surface area (Å²) in [5, 5.41) is 8.98. The van der Waals surface area contributed by atoms with Gasteiger partial charge in [-0.1, -0.05) is 24.3 Å². The Morgan fingerprint density at radius 1 is 0.800 bits per heavy atom. The molecule has 3 aromatic rings. The van der Waals surface area contributed by atoms with E-state index < -0.39 is 11.8 Å². The van der Waals surface area contributed by atoms with Crippen molar-refractivity contribution in [2.45, 2.75) is 0 Å². The first kappa shape index (κ1) is 24.8. The van der Waals surface area contributed by atoms with Gasteiger partial charge < -0.3 is 24.8 Å². The van der Waals surface area contributed by atoms with Gasteiger partial charge in [-0.15, -0.1) is 0 Å². The van der Waals surface area contributed by atoms with Gasteiger partial charge >= 0.3 is 11.8 Å². The summed E-state index contributed by atoms with van der Waals surface area (Å²) in [6.07, 6.45) is 1.31. The van der Waals surface area contributed by atoms with Gasteiger partial charge in [0, 0.05) is 11.3 Å². The first-order valence-electron chi connectivity index (χ1n) is 10.4. The lowest BCUT2D eigenvalue weighted by atomic mass is 10.2. The molecule has 3 aromatic carbocycles. The minimum atomic E-state index is -0.968. The number of nitrogens with zero attached hydrogens (tertiary/aromatic N) is 1. The summed E-state index contributed by atoms with van der Waals surface area (Å²) in [5.74, 6) is -0.774. The van der Waals surface area contributed by atoms with Crippen LogP contribution in [0.2, 0.25) is 0 Å². The fourth-order valence-electron chi connectivity index (χ4n) is 2.87. The number of hydrogen-bond acceptors (Lipinski definition) is 7. The SMILES string of the molecule is COc1ccc(NC(=O)COc2ccccc2/C=N\NC(=O)C(=O)Nc2ccccc2OC)cc1. The van der Waals surface area contributed by atoms with E-state index in [1.54, 1.807) is 79.9 Å². The molecule has 0 unspecified atom stereocenters. The number of para-hydroxylation sites is 3. The molecule has 0 saturated heterocycles. The summed E-state index contributed by atoms with van der Waals surface area (Å²) < 4.78 is 15.8. The Morgan fingerprint density at radius 2 is 1.49 bits per heavy atom. The highest BCUT2D eigenvalue weighted by Crippen LogP contribution is 2.22. The Balaban J connectivity index is 1.53. The van der Waals surface area contributed by atoms with E-state index in [0.29, 0.717) is 34.2 Å². The summed E-state index contributed by atoms with van der Waals surface area (Å²) in [5.41, 5.74) is 3.60. The van der Waals surface area contributed by atoms with Gasteiger partial charge in [-0.3, -0.25) is 14.4 Å². The Kier molecular flexibility index (Phi) is 8.78. The van der Waals surface area contributed by atoms with Crippen molar-refractivity contribution in [1.29, 1.82) is 0 Å². The quantitative estimate of drug-likeness (QED) is 0.248. The molecule has 0 radical (unpaired) electrons. The van der Waals surface area contributed by atoms with E-state index in [1.807, 2.05) is 0 Å². The molecule has 180 valence electrons.